The molecule has 8 nitrogen and oxygen atoms in total. The summed E-state index contributed by atoms with van der Waals surface area (Å²) in [7, 11) is 3.22. The highest BCUT2D eigenvalue weighted by Gasteiger charge is 2.29. The first-order valence-corrected chi connectivity index (χ1v) is 12.5. The van der Waals surface area contributed by atoms with E-state index in [1.807, 2.05) is 87.2 Å². The molecule has 1 N–H and O–H groups in total. The summed E-state index contributed by atoms with van der Waals surface area (Å²) in [5.41, 5.74) is 3.96. The van der Waals surface area contributed by atoms with E-state index in [0.29, 0.717) is 43.2 Å². The molecule has 1 fully saturated rings. The second-order valence-corrected chi connectivity index (χ2v) is 10.2. The molecule has 8 heteroatoms. The minimum atomic E-state index is -0.304. The standard InChI is InChI=1S/C29H36N4O4/c1-20-23(27(34)31-14-16-32(17-15-31)28(35)30-29(2,3)4)19-24(21-10-8-7-9-11-21)33(20)22-12-13-25(36-5)26(18-22)37-6/h7-13,18-19H,14-17H2,1-6H3,(H,30,35). The number of rotatable bonds is 5. The first-order valence-electron chi connectivity index (χ1n) is 12.5. The molecule has 0 atom stereocenters. The van der Waals surface area contributed by atoms with Gasteiger partial charge in [-0.1, -0.05) is 30.3 Å². The molecular weight excluding hydrogens is 468 g/mol. The van der Waals surface area contributed by atoms with Crippen LogP contribution < -0.4 is 14.8 Å². The number of carbonyl (C=O) groups excluding carboxylic acids is 2. The van der Waals surface area contributed by atoms with Crippen LogP contribution in [0.1, 0.15) is 36.8 Å². The number of hydrogen-bond donors (Lipinski definition) is 1. The first-order chi connectivity index (χ1) is 17.6. The Bertz CT molecular complexity index is 1270. The van der Waals surface area contributed by atoms with E-state index in [2.05, 4.69) is 9.88 Å². The number of urea groups is 1. The van der Waals surface area contributed by atoms with E-state index >= 15 is 0 Å². The summed E-state index contributed by atoms with van der Waals surface area (Å²) in [5.74, 6) is 1.22. The minimum Gasteiger partial charge on any atom is -0.493 e. The predicted octanol–water partition coefficient (Wildman–Crippen LogP) is 4.74. The van der Waals surface area contributed by atoms with Crippen LogP contribution >= 0.6 is 0 Å². The highest BCUT2D eigenvalue weighted by molar-refractivity contribution is 5.97. The SMILES string of the molecule is COc1ccc(-n2c(-c3ccccc3)cc(C(=O)N3CCN(C(=O)NC(C)(C)C)CC3)c2C)cc1OC. The summed E-state index contributed by atoms with van der Waals surface area (Å²) in [5, 5.41) is 3.00. The van der Waals surface area contributed by atoms with Gasteiger partial charge < -0.3 is 29.2 Å². The molecule has 2 heterocycles. The van der Waals surface area contributed by atoms with Crippen LogP contribution in [-0.2, 0) is 0 Å². The number of nitrogens with one attached hydrogen (secondary N) is 1. The Kier molecular flexibility index (Phi) is 7.47. The molecule has 0 unspecified atom stereocenters. The molecule has 0 aliphatic carbocycles. The maximum atomic E-state index is 13.7. The number of hydrogen-bond acceptors (Lipinski definition) is 4. The summed E-state index contributed by atoms with van der Waals surface area (Å²) in [6.07, 6.45) is 0. The molecule has 0 bridgehead atoms. The summed E-state index contributed by atoms with van der Waals surface area (Å²) >= 11 is 0. The van der Waals surface area contributed by atoms with Crippen molar-refractivity contribution >= 4 is 11.9 Å². The van der Waals surface area contributed by atoms with Crippen LogP contribution in [0, 0.1) is 6.92 Å². The van der Waals surface area contributed by atoms with Gasteiger partial charge in [0.05, 0.1) is 25.5 Å². The second kappa shape index (κ2) is 10.6. The minimum absolute atomic E-state index is 0.0372. The first kappa shape index (κ1) is 26.1. The van der Waals surface area contributed by atoms with Gasteiger partial charge in [0.25, 0.3) is 5.91 Å². The van der Waals surface area contributed by atoms with Gasteiger partial charge >= 0.3 is 6.03 Å². The molecule has 1 aromatic heterocycles. The third-order valence-electron chi connectivity index (χ3n) is 6.51. The fourth-order valence-electron chi connectivity index (χ4n) is 4.62. The van der Waals surface area contributed by atoms with Crippen molar-refractivity contribution in [3.63, 3.8) is 0 Å². The van der Waals surface area contributed by atoms with E-state index in [-0.39, 0.29) is 17.5 Å². The van der Waals surface area contributed by atoms with E-state index in [1.54, 1.807) is 19.1 Å². The quantitative estimate of drug-likeness (QED) is 0.545. The number of piperazine rings is 1. The van der Waals surface area contributed by atoms with Gasteiger partial charge in [0.2, 0.25) is 0 Å². The summed E-state index contributed by atoms with van der Waals surface area (Å²) in [6.45, 7) is 9.80. The van der Waals surface area contributed by atoms with Crippen molar-refractivity contribution in [2.75, 3.05) is 40.4 Å². The number of aromatic nitrogens is 1. The topological polar surface area (TPSA) is 76.0 Å². The molecule has 2 aromatic carbocycles. The van der Waals surface area contributed by atoms with Crippen molar-refractivity contribution in [2.45, 2.75) is 33.2 Å². The van der Waals surface area contributed by atoms with E-state index in [4.69, 9.17) is 9.47 Å². The van der Waals surface area contributed by atoms with Gasteiger partial charge in [-0.25, -0.2) is 4.79 Å². The van der Waals surface area contributed by atoms with Gasteiger partial charge in [-0.15, -0.1) is 0 Å². The molecular formula is C29H36N4O4. The molecule has 37 heavy (non-hydrogen) atoms. The van der Waals surface area contributed by atoms with E-state index in [9.17, 15) is 9.59 Å². The molecule has 0 spiro atoms. The van der Waals surface area contributed by atoms with Gasteiger partial charge in [0.15, 0.2) is 11.5 Å². The lowest BCUT2D eigenvalue weighted by molar-refractivity contribution is 0.0660. The molecule has 1 aliphatic heterocycles. The zero-order chi connectivity index (χ0) is 26.7. The summed E-state index contributed by atoms with van der Waals surface area (Å²) < 4.78 is 13.0. The van der Waals surface area contributed by atoms with Gasteiger partial charge in [-0.05, 0) is 51.5 Å². The monoisotopic (exact) mass is 504 g/mol. The van der Waals surface area contributed by atoms with E-state index < -0.39 is 0 Å². The zero-order valence-corrected chi connectivity index (χ0v) is 22.5. The van der Waals surface area contributed by atoms with Crippen LogP contribution in [-0.4, -0.2) is 72.2 Å². The molecule has 1 saturated heterocycles. The Labute approximate surface area is 218 Å². The number of ether oxygens (including phenoxy) is 2. The van der Waals surface area contributed by atoms with Crippen molar-refractivity contribution in [3.05, 3.63) is 65.9 Å². The van der Waals surface area contributed by atoms with Crippen LogP contribution in [0.4, 0.5) is 4.79 Å². The normalized spacial score (nSPS) is 13.9. The van der Waals surface area contributed by atoms with Crippen LogP contribution in [0.15, 0.2) is 54.6 Å². The number of amides is 3. The van der Waals surface area contributed by atoms with Crippen molar-refractivity contribution in [2.24, 2.45) is 0 Å². The Morgan fingerprint density at radius 3 is 2.05 bits per heavy atom. The maximum Gasteiger partial charge on any atom is 0.317 e. The predicted molar refractivity (Wildman–Crippen MR) is 145 cm³/mol. The molecule has 0 saturated carbocycles. The van der Waals surface area contributed by atoms with Crippen LogP contribution in [0.3, 0.4) is 0 Å². The third-order valence-corrected chi connectivity index (χ3v) is 6.51. The average molecular weight is 505 g/mol. The Morgan fingerprint density at radius 2 is 1.46 bits per heavy atom. The summed E-state index contributed by atoms with van der Waals surface area (Å²) in [4.78, 5) is 29.9. The third kappa shape index (κ3) is 5.58. The maximum absolute atomic E-state index is 13.7. The van der Waals surface area contributed by atoms with Crippen molar-refractivity contribution in [1.82, 2.24) is 19.7 Å². The fourth-order valence-corrected chi connectivity index (χ4v) is 4.62. The van der Waals surface area contributed by atoms with Crippen LogP contribution in [0.2, 0.25) is 0 Å². The fraction of sp³-hybridized carbons (Fsp3) is 0.379. The lowest BCUT2D eigenvalue weighted by atomic mass is 10.1. The molecule has 1 aliphatic rings. The number of methoxy groups -OCH3 is 2. The number of benzene rings is 2. The average Bonchev–Trinajstić information content (AvgIpc) is 3.24. The molecule has 4 rings (SSSR count). The zero-order valence-electron chi connectivity index (χ0n) is 22.5. The molecule has 3 aromatic rings. The number of nitrogens with zero attached hydrogens (tertiary/aromatic N) is 3. The van der Waals surface area contributed by atoms with E-state index in [0.717, 1.165) is 22.6 Å². The lowest BCUT2D eigenvalue weighted by Gasteiger charge is -2.36. The van der Waals surface area contributed by atoms with E-state index in [1.165, 1.54) is 0 Å². The van der Waals surface area contributed by atoms with Crippen molar-refractivity contribution in [1.29, 1.82) is 0 Å². The van der Waals surface area contributed by atoms with Gasteiger partial charge in [0, 0.05) is 49.2 Å². The second-order valence-electron chi connectivity index (χ2n) is 10.2. The van der Waals surface area contributed by atoms with Gasteiger partial charge in [0.1, 0.15) is 0 Å². The smallest absolute Gasteiger partial charge is 0.317 e. The van der Waals surface area contributed by atoms with Crippen LogP contribution in [0.25, 0.3) is 16.9 Å². The Hall–Kier alpha value is -3.94. The van der Waals surface area contributed by atoms with Gasteiger partial charge in [-0.3, -0.25) is 4.79 Å². The van der Waals surface area contributed by atoms with Crippen molar-refractivity contribution in [3.8, 4) is 28.4 Å². The highest BCUT2D eigenvalue weighted by Crippen LogP contribution is 2.34. The van der Waals surface area contributed by atoms with Crippen molar-refractivity contribution < 1.29 is 19.1 Å². The largest absolute Gasteiger partial charge is 0.493 e. The molecule has 3 amide bonds. The summed E-state index contributed by atoms with van der Waals surface area (Å²) in [6, 6.07) is 17.6. The number of carbonyl (C=O) groups is 2. The Morgan fingerprint density at radius 1 is 0.838 bits per heavy atom. The molecule has 196 valence electrons. The lowest BCUT2D eigenvalue weighted by Crippen LogP contribution is -2.56. The highest BCUT2D eigenvalue weighted by atomic mass is 16.5. The molecule has 0 radical (unpaired) electrons. The van der Waals surface area contributed by atoms with Crippen LogP contribution in [0.5, 0.6) is 11.5 Å². The Balaban J connectivity index is 1.65. The van der Waals surface area contributed by atoms with Gasteiger partial charge in [-0.2, -0.15) is 0 Å².